The number of aromatic nitrogens is 1. The summed E-state index contributed by atoms with van der Waals surface area (Å²) in [6.07, 6.45) is 0. The number of halogens is 1. The molecule has 2 heterocycles. The van der Waals surface area contributed by atoms with Gasteiger partial charge in [0.05, 0.1) is 16.8 Å². The van der Waals surface area contributed by atoms with Gasteiger partial charge in [0.2, 0.25) is 5.82 Å². The topological polar surface area (TPSA) is 31.3 Å². The van der Waals surface area contributed by atoms with Crippen molar-refractivity contribution in [3.63, 3.8) is 0 Å². The van der Waals surface area contributed by atoms with Crippen LogP contribution in [0.4, 0.5) is 10.1 Å². The number of rotatable bonds is 5. The third kappa shape index (κ3) is 4.13. The van der Waals surface area contributed by atoms with Crippen LogP contribution >= 0.6 is 0 Å². The van der Waals surface area contributed by atoms with Crippen LogP contribution < -0.4 is 4.99 Å². The number of aryl methyl sites for hydroxylation is 2. The number of benzene rings is 4. The first-order valence-electron chi connectivity index (χ1n) is 12.3. The lowest BCUT2D eigenvalue weighted by atomic mass is 9.95. The molecule has 0 bridgehead atoms. The Kier molecular flexibility index (Phi) is 5.89. The highest BCUT2D eigenvalue weighted by molar-refractivity contribution is 6.28. The maximum absolute atomic E-state index is 14.6. The van der Waals surface area contributed by atoms with Gasteiger partial charge < -0.3 is 0 Å². The van der Waals surface area contributed by atoms with Crippen LogP contribution in [0.25, 0.3) is 22.4 Å². The molecule has 5 heteroatoms. The summed E-state index contributed by atoms with van der Waals surface area (Å²) in [5.74, 6) is 1.33. The summed E-state index contributed by atoms with van der Waals surface area (Å²) in [4.78, 5) is 8.61. The van der Waals surface area contributed by atoms with E-state index in [-0.39, 0.29) is 0 Å². The standard InChI is InChI=1S/C32H24BFN3/c1-21-18-27-28(19-22(21)2)31(35-30(27)25-16-10-5-11-17-25)36-32-26(23-12-6-3-7-13-23)20-29(37(32)33-34)24-14-8-4-9-15-24/h3-20H,1-2H3/p+1. The molecule has 0 fully saturated rings. The number of aliphatic imine (C=N–C) groups is 1. The Labute approximate surface area is 217 Å². The number of nitrogens with one attached hydrogen (secondary N) is 1. The van der Waals surface area contributed by atoms with E-state index < -0.39 is 0 Å². The summed E-state index contributed by atoms with van der Waals surface area (Å²) < 4.78 is 16.2. The Morgan fingerprint density at radius 3 is 1.78 bits per heavy atom. The largest absolute Gasteiger partial charge is 0.589 e. The summed E-state index contributed by atoms with van der Waals surface area (Å²) in [7, 11) is 0.621. The molecule has 177 valence electrons. The van der Waals surface area contributed by atoms with Crippen molar-refractivity contribution in [2.24, 2.45) is 4.99 Å². The molecule has 1 aromatic heterocycles. The normalized spacial score (nSPS) is 13.5. The van der Waals surface area contributed by atoms with Crippen LogP contribution in [0.1, 0.15) is 27.8 Å². The smallest absolute Gasteiger partial charge is 0.287 e. The Morgan fingerprint density at radius 2 is 1.19 bits per heavy atom. The van der Waals surface area contributed by atoms with Crippen LogP contribution in [0.2, 0.25) is 0 Å². The molecule has 0 spiro atoms. The molecule has 37 heavy (non-hydrogen) atoms. The van der Waals surface area contributed by atoms with Crippen LogP contribution in [0.5, 0.6) is 0 Å². The third-order valence-corrected chi connectivity index (χ3v) is 6.94. The van der Waals surface area contributed by atoms with Gasteiger partial charge in [-0.25, -0.2) is 4.99 Å². The minimum atomic E-state index is 0.621. The van der Waals surface area contributed by atoms with Gasteiger partial charge in [-0.05, 0) is 48.7 Å². The van der Waals surface area contributed by atoms with Gasteiger partial charge in [0.25, 0.3) is 5.84 Å². The first-order chi connectivity index (χ1) is 18.1. The van der Waals surface area contributed by atoms with E-state index in [1.807, 2.05) is 84.9 Å². The predicted octanol–water partition coefficient (Wildman–Crippen LogP) is 5.80. The van der Waals surface area contributed by atoms with E-state index in [9.17, 15) is 4.32 Å². The Morgan fingerprint density at radius 1 is 0.649 bits per heavy atom. The van der Waals surface area contributed by atoms with Crippen molar-refractivity contribution >= 4 is 25.1 Å². The molecule has 5 aromatic rings. The van der Waals surface area contributed by atoms with E-state index in [2.05, 4.69) is 43.1 Å². The molecule has 0 unspecified atom stereocenters. The third-order valence-electron chi connectivity index (χ3n) is 6.94. The summed E-state index contributed by atoms with van der Waals surface area (Å²) in [6, 6.07) is 36.5. The van der Waals surface area contributed by atoms with Crippen LogP contribution in [0.15, 0.2) is 114 Å². The van der Waals surface area contributed by atoms with Crippen molar-refractivity contribution in [2.75, 3.05) is 0 Å². The molecule has 1 N–H and O–H groups in total. The van der Waals surface area contributed by atoms with Gasteiger partial charge in [-0.1, -0.05) is 91.0 Å². The van der Waals surface area contributed by atoms with E-state index in [1.165, 1.54) is 11.1 Å². The first-order valence-corrected chi connectivity index (χ1v) is 12.3. The molecule has 1 aliphatic heterocycles. The molecule has 0 aliphatic carbocycles. The predicted molar refractivity (Wildman–Crippen MR) is 150 cm³/mol. The van der Waals surface area contributed by atoms with Gasteiger partial charge in [-0.15, -0.1) is 4.99 Å². The van der Waals surface area contributed by atoms with Crippen molar-refractivity contribution in [2.45, 2.75) is 13.8 Å². The van der Waals surface area contributed by atoms with E-state index in [0.29, 0.717) is 19.3 Å². The van der Waals surface area contributed by atoms with Gasteiger partial charge in [-0.3, -0.25) is 8.79 Å². The summed E-state index contributed by atoms with van der Waals surface area (Å²) in [5.41, 5.74) is 10.0. The second-order valence-electron chi connectivity index (χ2n) is 9.27. The zero-order chi connectivity index (χ0) is 25.4. The van der Waals surface area contributed by atoms with Crippen molar-refractivity contribution in [1.82, 2.24) is 4.48 Å². The Hall–Kier alpha value is -4.51. The van der Waals surface area contributed by atoms with Gasteiger partial charge in [0.15, 0.2) is 5.71 Å². The van der Waals surface area contributed by atoms with Crippen LogP contribution in [-0.2, 0) is 0 Å². The minimum Gasteiger partial charge on any atom is -0.287 e. The average molecular weight is 481 g/mol. The Bertz CT molecular complexity index is 1650. The number of hydrogen-bond donors (Lipinski definition) is 1. The SMILES string of the molecule is Cc1cc2c(cc1C)C(=[NH+]c1c(-c3ccccc3)cc(-c3ccccc3)n1[B]F)N=C2c1ccccc1. The molecule has 3 nitrogen and oxygen atoms in total. The molecule has 4 aromatic carbocycles. The fourth-order valence-corrected chi connectivity index (χ4v) is 4.89. The van der Waals surface area contributed by atoms with Crippen molar-refractivity contribution < 1.29 is 9.31 Å². The number of nitrogens with zero attached hydrogens (tertiary/aromatic N) is 2. The second-order valence-corrected chi connectivity index (χ2v) is 9.27. The molecule has 6 rings (SSSR count). The lowest BCUT2D eigenvalue weighted by Crippen LogP contribution is -2.67. The second kappa shape index (κ2) is 9.51. The number of hydrogen-bond acceptors (Lipinski definition) is 0. The molecule has 0 saturated heterocycles. The van der Waals surface area contributed by atoms with Gasteiger partial charge in [0, 0.05) is 16.7 Å². The minimum absolute atomic E-state index is 0.621. The number of fused-ring (bicyclic) bond motifs is 1. The maximum Gasteiger partial charge on any atom is 0.589 e. The zero-order valence-corrected chi connectivity index (χ0v) is 20.7. The maximum atomic E-state index is 14.6. The zero-order valence-electron chi connectivity index (χ0n) is 20.7. The molecular formula is C32H25BFN3+. The highest BCUT2D eigenvalue weighted by Crippen LogP contribution is 2.34. The molecule has 0 saturated carbocycles. The molecule has 1 radical (unpaired) electrons. The fourth-order valence-electron chi connectivity index (χ4n) is 4.89. The van der Waals surface area contributed by atoms with E-state index in [4.69, 9.17) is 4.99 Å². The lowest BCUT2D eigenvalue weighted by Gasteiger charge is -2.06. The van der Waals surface area contributed by atoms with E-state index in [0.717, 1.165) is 44.8 Å². The highest BCUT2D eigenvalue weighted by Gasteiger charge is 2.31. The van der Waals surface area contributed by atoms with E-state index in [1.54, 1.807) is 4.48 Å². The average Bonchev–Trinajstić information content (AvgIpc) is 3.48. The summed E-state index contributed by atoms with van der Waals surface area (Å²) in [5, 5.41) is 0. The molecule has 0 amide bonds. The Balaban J connectivity index is 1.62. The van der Waals surface area contributed by atoms with Crippen molar-refractivity contribution in [3.8, 4) is 22.4 Å². The van der Waals surface area contributed by atoms with Gasteiger partial charge in [0.1, 0.15) is 0 Å². The monoisotopic (exact) mass is 481 g/mol. The van der Waals surface area contributed by atoms with Crippen molar-refractivity contribution in [1.29, 1.82) is 0 Å². The van der Waals surface area contributed by atoms with Gasteiger partial charge in [-0.2, -0.15) is 0 Å². The van der Waals surface area contributed by atoms with Crippen LogP contribution in [0, 0.1) is 13.8 Å². The van der Waals surface area contributed by atoms with Crippen LogP contribution in [0.3, 0.4) is 0 Å². The molecule has 1 aliphatic rings. The van der Waals surface area contributed by atoms with Crippen LogP contribution in [-0.4, -0.2) is 23.7 Å². The van der Waals surface area contributed by atoms with Crippen molar-refractivity contribution in [3.05, 3.63) is 137 Å². The molecule has 0 atom stereocenters. The first kappa shape index (κ1) is 22.9. The molecular weight excluding hydrogens is 456 g/mol. The fraction of sp³-hybridized carbons (Fsp3) is 0.0625. The highest BCUT2D eigenvalue weighted by atomic mass is 19.1. The quantitative estimate of drug-likeness (QED) is 0.308. The van der Waals surface area contributed by atoms with E-state index >= 15 is 0 Å². The summed E-state index contributed by atoms with van der Waals surface area (Å²) in [6.45, 7) is 4.22. The summed E-state index contributed by atoms with van der Waals surface area (Å²) >= 11 is 0. The lowest BCUT2D eigenvalue weighted by molar-refractivity contribution is -0.359. The number of amidine groups is 1. The van der Waals surface area contributed by atoms with Gasteiger partial charge >= 0.3 is 7.69 Å².